The zero-order chi connectivity index (χ0) is 13.2. The molecule has 0 aromatic heterocycles. The molecule has 0 aliphatic carbocycles. The minimum Gasteiger partial charge on any atom is -0.480 e. The third-order valence-electron chi connectivity index (χ3n) is 2.72. The summed E-state index contributed by atoms with van der Waals surface area (Å²) in [5.41, 5.74) is 6.18. The number of aliphatic carboxylic acids is 1. The first-order valence-corrected chi connectivity index (χ1v) is 5.22. The zero-order valence-electron chi connectivity index (χ0n) is 9.84. The summed E-state index contributed by atoms with van der Waals surface area (Å²) in [5.74, 6) is -1.09. The Hall–Kier alpha value is -1.37. The second kappa shape index (κ2) is 4.87. The Morgan fingerprint density at radius 2 is 2.06 bits per heavy atom. The predicted molar refractivity (Wildman–Crippen MR) is 64.9 cm³/mol. The molecule has 0 aliphatic rings. The summed E-state index contributed by atoms with van der Waals surface area (Å²) in [5, 5.41) is 27.1. The van der Waals surface area contributed by atoms with Crippen LogP contribution in [0.2, 0.25) is 0 Å². The van der Waals surface area contributed by atoms with Crippen molar-refractivity contribution in [2.24, 2.45) is 5.73 Å². The van der Waals surface area contributed by atoms with Crippen LogP contribution in [-0.2, 0) is 11.2 Å². The molecule has 5 nitrogen and oxygen atoms in total. The molecule has 1 aromatic rings. The van der Waals surface area contributed by atoms with E-state index in [9.17, 15) is 4.79 Å². The van der Waals surface area contributed by atoms with Gasteiger partial charge in [0.15, 0.2) is 0 Å². The molecule has 0 unspecified atom stereocenters. The quantitative estimate of drug-likeness (QED) is 0.504. The number of rotatable bonds is 4. The molecule has 0 radical (unpaired) electrons. The van der Waals surface area contributed by atoms with Gasteiger partial charge < -0.3 is 20.9 Å². The third kappa shape index (κ3) is 3.29. The van der Waals surface area contributed by atoms with Gasteiger partial charge in [0.25, 0.3) is 0 Å². The average molecular weight is 237 g/mol. The smallest absolute Gasteiger partial charge is 0.480 e. The predicted octanol–water partition coefficient (Wildman–Crippen LogP) is -0.981. The number of hydrogen-bond acceptors (Lipinski definition) is 4. The van der Waals surface area contributed by atoms with E-state index in [1.54, 1.807) is 18.2 Å². The first-order chi connectivity index (χ1) is 7.74. The highest BCUT2D eigenvalue weighted by molar-refractivity contribution is 6.58. The van der Waals surface area contributed by atoms with Gasteiger partial charge in [-0.3, -0.25) is 4.79 Å². The average Bonchev–Trinajstić information content (AvgIpc) is 2.20. The molecule has 0 spiro atoms. The Balaban J connectivity index is 3.05. The summed E-state index contributed by atoms with van der Waals surface area (Å²) in [6.45, 7) is 3.25. The van der Waals surface area contributed by atoms with Crippen LogP contribution in [0.1, 0.15) is 18.1 Å². The van der Waals surface area contributed by atoms with Crippen molar-refractivity contribution in [2.45, 2.75) is 25.8 Å². The van der Waals surface area contributed by atoms with Crippen LogP contribution in [0.4, 0.5) is 0 Å². The Morgan fingerprint density at radius 1 is 1.47 bits per heavy atom. The number of carboxylic acids is 1. The lowest BCUT2D eigenvalue weighted by molar-refractivity contribution is -0.142. The van der Waals surface area contributed by atoms with E-state index in [4.69, 9.17) is 20.9 Å². The molecule has 0 fully saturated rings. The molecule has 92 valence electrons. The standard InChI is InChI=1S/C11H16BNO4/c1-7-3-4-9(12(16)17)5-8(7)6-11(2,13)10(14)15/h3-5,16-17H,6,13H2,1-2H3,(H,14,15)/t11-/m0/s1. The molecule has 0 amide bonds. The summed E-state index contributed by atoms with van der Waals surface area (Å²) in [6, 6.07) is 4.86. The summed E-state index contributed by atoms with van der Waals surface area (Å²) in [7, 11) is -1.57. The lowest BCUT2D eigenvalue weighted by Gasteiger charge is -2.20. The number of hydrogen-bond donors (Lipinski definition) is 4. The first-order valence-electron chi connectivity index (χ1n) is 5.22. The van der Waals surface area contributed by atoms with Crippen LogP contribution in [-0.4, -0.2) is 33.8 Å². The maximum absolute atomic E-state index is 10.9. The van der Waals surface area contributed by atoms with E-state index >= 15 is 0 Å². The SMILES string of the molecule is Cc1ccc(B(O)O)cc1C[C@](C)(N)C(=O)O. The molecule has 1 atom stereocenters. The van der Waals surface area contributed by atoms with Gasteiger partial charge in [-0.1, -0.05) is 18.2 Å². The molecule has 17 heavy (non-hydrogen) atoms. The molecule has 6 heteroatoms. The van der Waals surface area contributed by atoms with Crippen LogP contribution < -0.4 is 11.2 Å². The fraction of sp³-hybridized carbons (Fsp3) is 0.364. The van der Waals surface area contributed by atoms with E-state index in [0.29, 0.717) is 11.0 Å². The van der Waals surface area contributed by atoms with Gasteiger partial charge in [0.2, 0.25) is 0 Å². The van der Waals surface area contributed by atoms with Crippen molar-refractivity contribution in [1.82, 2.24) is 0 Å². The molecule has 0 saturated heterocycles. The Morgan fingerprint density at radius 3 is 2.53 bits per heavy atom. The number of benzene rings is 1. The van der Waals surface area contributed by atoms with Crippen molar-refractivity contribution >= 4 is 18.6 Å². The van der Waals surface area contributed by atoms with Gasteiger partial charge in [-0.05, 0) is 30.4 Å². The second-order valence-electron chi connectivity index (χ2n) is 4.46. The van der Waals surface area contributed by atoms with E-state index in [0.717, 1.165) is 5.56 Å². The van der Waals surface area contributed by atoms with E-state index in [1.807, 2.05) is 6.92 Å². The second-order valence-corrected chi connectivity index (χ2v) is 4.46. The topological polar surface area (TPSA) is 104 Å². The number of carbonyl (C=O) groups is 1. The van der Waals surface area contributed by atoms with Crippen molar-refractivity contribution in [3.05, 3.63) is 29.3 Å². The van der Waals surface area contributed by atoms with Gasteiger partial charge in [-0.2, -0.15) is 0 Å². The van der Waals surface area contributed by atoms with Crippen LogP contribution in [0, 0.1) is 6.92 Å². The highest BCUT2D eigenvalue weighted by atomic mass is 16.4. The molecular formula is C11H16BNO4. The molecule has 0 saturated carbocycles. The van der Waals surface area contributed by atoms with Crippen molar-refractivity contribution in [3.8, 4) is 0 Å². The largest absolute Gasteiger partial charge is 0.488 e. The van der Waals surface area contributed by atoms with Crippen LogP contribution >= 0.6 is 0 Å². The maximum atomic E-state index is 10.9. The Labute approximate surface area is 100 Å². The van der Waals surface area contributed by atoms with Gasteiger partial charge >= 0.3 is 13.1 Å². The Kier molecular flexibility index (Phi) is 3.92. The first kappa shape index (κ1) is 13.7. The van der Waals surface area contributed by atoms with Gasteiger partial charge in [-0.25, -0.2) is 0 Å². The molecule has 1 aromatic carbocycles. The van der Waals surface area contributed by atoms with E-state index in [2.05, 4.69) is 0 Å². The molecule has 0 aliphatic heterocycles. The van der Waals surface area contributed by atoms with Crippen molar-refractivity contribution in [1.29, 1.82) is 0 Å². The molecule has 0 heterocycles. The van der Waals surface area contributed by atoms with Gasteiger partial charge in [0, 0.05) is 6.42 Å². The van der Waals surface area contributed by atoms with Crippen LogP contribution in [0.5, 0.6) is 0 Å². The van der Waals surface area contributed by atoms with Crippen LogP contribution in [0.15, 0.2) is 18.2 Å². The number of carboxylic acid groups (broad SMARTS) is 1. The van der Waals surface area contributed by atoms with Crippen LogP contribution in [0.25, 0.3) is 0 Å². The van der Waals surface area contributed by atoms with Gasteiger partial charge in [0.05, 0.1) is 0 Å². The fourth-order valence-corrected chi connectivity index (χ4v) is 1.51. The summed E-state index contributed by atoms with van der Waals surface area (Å²) in [6.07, 6.45) is 0.134. The summed E-state index contributed by atoms with van der Waals surface area (Å²) >= 11 is 0. The maximum Gasteiger partial charge on any atom is 0.488 e. The lowest BCUT2D eigenvalue weighted by Crippen LogP contribution is -2.47. The fourth-order valence-electron chi connectivity index (χ4n) is 1.51. The molecule has 1 rings (SSSR count). The monoisotopic (exact) mass is 237 g/mol. The van der Waals surface area contributed by atoms with E-state index < -0.39 is 18.6 Å². The highest BCUT2D eigenvalue weighted by Gasteiger charge is 2.29. The molecule has 5 N–H and O–H groups in total. The Bertz CT molecular complexity index is 431. The zero-order valence-corrected chi connectivity index (χ0v) is 9.84. The van der Waals surface area contributed by atoms with Crippen molar-refractivity contribution < 1.29 is 19.9 Å². The number of aryl methyl sites for hydroxylation is 1. The minimum atomic E-state index is -1.57. The highest BCUT2D eigenvalue weighted by Crippen LogP contribution is 2.14. The third-order valence-corrected chi connectivity index (χ3v) is 2.72. The lowest BCUT2D eigenvalue weighted by atomic mass is 9.77. The molecular weight excluding hydrogens is 221 g/mol. The number of nitrogens with two attached hydrogens (primary N) is 1. The van der Waals surface area contributed by atoms with E-state index in [1.165, 1.54) is 6.92 Å². The van der Waals surface area contributed by atoms with Crippen LogP contribution in [0.3, 0.4) is 0 Å². The van der Waals surface area contributed by atoms with Gasteiger partial charge in [-0.15, -0.1) is 0 Å². The van der Waals surface area contributed by atoms with Gasteiger partial charge in [0.1, 0.15) is 5.54 Å². The van der Waals surface area contributed by atoms with Crippen molar-refractivity contribution in [2.75, 3.05) is 0 Å². The normalized spacial score (nSPS) is 14.2. The summed E-state index contributed by atoms with van der Waals surface area (Å²) < 4.78 is 0. The minimum absolute atomic E-state index is 0.134. The summed E-state index contributed by atoms with van der Waals surface area (Å²) in [4.78, 5) is 10.9. The molecule has 0 bridgehead atoms. The van der Waals surface area contributed by atoms with Crippen molar-refractivity contribution in [3.63, 3.8) is 0 Å². The van der Waals surface area contributed by atoms with E-state index in [-0.39, 0.29) is 6.42 Å².